The van der Waals surface area contributed by atoms with Crippen LogP contribution in [0.2, 0.25) is 0 Å². The zero-order valence-corrected chi connectivity index (χ0v) is 9.91. The SMILES string of the molecule is COc1ccccc1NCc1cc(F)ccc1F. The Kier molecular flexibility index (Phi) is 3.77. The Morgan fingerprint density at radius 1 is 1.11 bits per heavy atom. The summed E-state index contributed by atoms with van der Waals surface area (Å²) in [5, 5.41) is 3.02. The van der Waals surface area contributed by atoms with Crippen LogP contribution in [0.5, 0.6) is 5.75 Å². The summed E-state index contributed by atoms with van der Waals surface area (Å²) < 4.78 is 31.6. The van der Waals surface area contributed by atoms with Gasteiger partial charge in [-0.05, 0) is 30.3 Å². The maximum absolute atomic E-state index is 13.4. The van der Waals surface area contributed by atoms with E-state index in [2.05, 4.69) is 5.32 Å². The van der Waals surface area contributed by atoms with Gasteiger partial charge in [0, 0.05) is 12.1 Å². The smallest absolute Gasteiger partial charge is 0.141 e. The molecular weight excluding hydrogens is 236 g/mol. The molecule has 2 nitrogen and oxygen atoms in total. The molecule has 0 bridgehead atoms. The van der Waals surface area contributed by atoms with Crippen LogP contribution in [0.25, 0.3) is 0 Å². The Hall–Kier alpha value is -2.10. The summed E-state index contributed by atoms with van der Waals surface area (Å²) in [6.45, 7) is 0.198. The van der Waals surface area contributed by atoms with Crippen LogP contribution in [-0.4, -0.2) is 7.11 Å². The number of halogens is 2. The van der Waals surface area contributed by atoms with Crippen molar-refractivity contribution in [1.82, 2.24) is 0 Å². The Labute approximate surface area is 104 Å². The standard InChI is InChI=1S/C14H13F2NO/c1-18-14-5-3-2-4-13(14)17-9-10-8-11(15)6-7-12(10)16/h2-8,17H,9H2,1H3. The molecule has 4 heteroatoms. The molecule has 94 valence electrons. The second kappa shape index (κ2) is 5.49. The lowest BCUT2D eigenvalue weighted by Crippen LogP contribution is -2.03. The summed E-state index contributed by atoms with van der Waals surface area (Å²) >= 11 is 0. The average Bonchev–Trinajstić information content (AvgIpc) is 2.40. The number of hydrogen-bond donors (Lipinski definition) is 1. The van der Waals surface area contributed by atoms with E-state index in [0.29, 0.717) is 5.75 Å². The normalized spacial score (nSPS) is 10.2. The molecule has 2 rings (SSSR count). The third-order valence-electron chi connectivity index (χ3n) is 2.58. The summed E-state index contributed by atoms with van der Waals surface area (Å²) in [4.78, 5) is 0. The third kappa shape index (κ3) is 2.77. The van der Waals surface area contributed by atoms with Crippen molar-refractivity contribution in [1.29, 1.82) is 0 Å². The van der Waals surface area contributed by atoms with Crippen LogP contribution >= 0.6 is 0 Å². The number of hydrogen-bond acceptors (Lipinski definition) is 2. The third-order valence-corrected chi connectivity index (χ3v) is 2.58. The van der Waals surface area contributed by atoms with Gasteiger partial charge in [-0.2, -0.15) is 0 Å². The fourth-order valence-corrected chi connectivity index (χ4v) is 1.66. The fourth-order valence-electron chi connectivity index (χ4n) is 1.66. The van der Waals surface area contributed by atoms with Gasteiger partial charge >= 0.3 is 0 Å². The molecule has 0 spiro atoms. The highest BCUT2D eigenvalue weighted by atomic mass is 19.1. The van der Waals surface area contributed by atoms with E-state index in [1.807, 2.05) is 18.2 Å². The van der Waals surface area contributed by atoms with Crippen LogP contribution in [0.3, 0.4) is 0 Å². The molecule has 2 aromatic rings. The molecule has 0 saturated heterocycles. The van der Waals surface area contributed by atoms with Gasteiger partial charge in [-0.1, -0.05) is 12.1 Å². The first kappa shape index (κ1) is 12.4. The van der Waals surface area contributed by atoms with Crippen LogP contribution in [0, 0.1) is 11.6 Å². The van der Waals surface area contributed by atoms with Crippen molar-refractivity contribution >= 4 is 5.69 Å². The van der Waals surface area contributed by atoms with Gasteiger partial charge in [-0.25, -0.2) is 8.78 Å². The van der Waals surface area contributed by atoms with Gasteiger partial charge in [0.1, 0.15) is 17.4 Å². The first-order chi connectivity index (χ1) is 8.70. The van der Waals surface area contributed by atoms with Gasteiger partial charge in [-0.3, -0.25) is 0 Å². The van der Waals surface area contributed by atoms with Crippen molar-refractivity contribution in [3.63, 3.8) is 0 Å². The maximum Gasteiger partial charge on any atom is 0.141 e. The predicted molar refractivity (Wildman–Crippen MR) is 66.7 cm³/mol. The Morgan fingerprint density at radius 2 is 1.89 bits per heavy atom. The van der Waals surface area contributed by atoms with Gasteiger partial charge in [0.2, 0.25) is 0 Å². The Morgan fingerprint density at radius 3 is 2.67 bits per heavy atom. The average molecular weight is 249 g/mol. The summed E-state index contributed by atoms with van der Waals surface area (Å²) in [5.74, 6) is -0.221. The summed E-state index contributed by atoms with van der Waals surface area (Å²) in [6, 6.07) is 10.7. The fraction of sp³-hybridized carbons (Fsp3) is 0.143. The molecule has 0 fully saturated rings. The van der Waals surface area contributed by atoms with E-state index >= 15 is 0 Å². The molecule has 0 unspecified atom stereocenters. The molecule has 0 heterocycles. The van der Waals surface area contributed by atoms with Crippen molar-refractivity contribution in [2.75, 3.05) is 12.4 Å². The summed E-state index contributed by atoms with van der Waals surface area (Å²) in [5.41, 5.74) is 1.02. The minimum Gasteiger partial charge on any atom is -0.495 e. The first-order valence-corrected chi connectivity index (χ1v) is 5.51. The largest absolute Gasteiger partial charge is 0.495 e. The van der Waals surface area contributed by atoms with Crippen LogP contribution in [-0.2, 0) is 6.54 Å². The van der Waals surface area contributed by atoms with Gasteiger partial charge in [-0.15, -0.1) is 0 Å². The molecule has 0 radical (unpaired) electrons. The Balaban J connectivity index is 2.14. The van der Waals surface area contributed by atoms with Crippen molar-refractivity contribution < 1.29 is 13.5 Å². The van der Waals surface area contributed by atoms with E-state index in [9.17, 15) is 8.78 Å². The number of para-hydroxylation sites is 2. The molecule has 0 aliphatic heterocycles. The molecule has 0 amide bonds. The van der Waals surface area contributed by atoms with Crippen molar-refractivity contribution in [3.8, 4) is 5.75 Å². The molecule has 2 aromatic carbocycles. The van der Waals surface area contributed by atoms with Gasteiger partial charge < -0.3 is 10.1 Å². The zero-order valence-electron chi connectivity index (χ0n) is 9.91. The van der Waals surface area contributed by atoms with Crippen molar-refractivity contribution in [3.05, 3.63) is 59.7 Å². The lowest BCUT2D eigenvalue weighted by Gasteiger charge is -2.11. The maximum atomic E-state index is 13.4. The number of ether oxygens (including phenoxy) is 1. The lowest BCUT2D eigenvalue weighted by atomic mass is 10.2. The molecule has 0 aromatic heterocycles. The first-order valence-electron chi connectivity index (χ1n) is 5.51. The van der Waals surface area contributed by atoms with Gasteiger partial charge in [0.25, 0.3) is 0 Å². The van der Waals surface area contributed by atoms with E-state index in [0.717, 1.165) is 17.8 Å². The van der Waals surface area contributed by atoms with E-state index in [1.165, 1.54) is 6.07 Å². The molecular formula is C14H13F2NO. The molecule has 0 saturated carbocycles. The zero-order chi connectivity index (χ0) is 13.0. The number of nitrogens with one attached hydrogen (secondary N) is 1. The second-order valence-electron chi connectivity index (χ2n) is 3.79. The highest BCUT2D eigenvalue weighted by molar-refractivity contribution is 5.56. The van der Waals surface area contributed by atoms with Crippen LogP contribution in [0.4, 0.5) is 14.5 Å². The van der Waals surface area contributed by atoms with Crippen molar-refractivity contribution in [2.45, 2.75) is 6.54 Å². The van der Waals surface area contributed by atoms with E-state index in [1.54, 1.807) is 13.2 Å². The summed E-state index contributed by atoms with van der Waals surface area (Å²) in [6.07, 6.45) is 0. The molecule has 18 heavy (non-hydrogen) atoms. The Bertz CT molecular complexity index is 543. The lowest BCUT2D eigenvalue weighted by molar-refractivity contribution is 0.416. The summed E-state index contributed by atoms with van der Waals surface area (Å²) in [7, 11) is 1.56. The van der Waals surface area contributed by atoms with E-state index in [4.69, 9.17) is 4.74 Å². The number of methoxy groups -OCH3 is 1. The topological polar surface area (TPSA) is 21.3 Å². The van der Waals surface area contributed by atoms with Gasteiger partial charge in [0.15, 0.2) is 0 Å². The molecule has 1 N–H and O–H groups in total. The van der Waals surface area contributed by atoms with Crippen LogP contribution in [0.1, 0.15) is 5.56 Å². The number of benzene rings is 2. The number of rotatable bonds is 4. The highest BCUT2D eigenvalue weighted by Gasteiger charge is 2.05. The van der Waals surface area contributed by atoms with E-state index in [-0.39, 0.29) is 12.1 Å². The number of anilines is 1. The molecule has 0 aliphatic carbocycles. The molecule has 0 atom stereocenters. The highest BCUT2D eigenvalue weighted by Crippen LogP contribution is 2.24. The van der Waals surface area contributed by atoms with Crippen LogP contribution < -0.4 is 10.1 Å². The monoisotopic (exact) mass is 249 g/mol. The minimum absolute atomic E-state index is 0.198. The van der Waals surface area contributed by atoms with E-state index < -0.39 is 11.6 Å². The predicted octanol–water partition coefficient (Wildman–Crippen LogP) is 3.59. The quantitative estimate of drug-likeness (QED) is 0.894. The van der Waals surface area contributed by atoms with Crippen molar-refractivity contribution in [2.24, 2.45) is 0 Å². The molecule has 0 aliphatic rings. The minimum atomic E-state index is -0.451. The second-order valence-corrected chi connectivity index (χ2v) is 3.79. The van der Waals surface area contributed by atoms with Gasteiger partial charge in [0.05, 0.1) is 12.8 Å². The van der Waals surface area contributed by atoms with Crippen LogP contribution in [0.15, 0.2) is 42.5 Å².